The maximum atomic E-state index is 11.3. The third kappa shape index (κ3) is 3.56. The molecule has 0 amide bonds. The van der Waals surface area contributed by atoms with Crippen LogP contribution in [0.4, 0.5) is 0 Å². The molecule has 7 heteroatoms. The van der Waals surface area contributed by atoms with Gasteiger partial charge in [-0.15, -0.1) is 0 Å². The first kappa shape index (κ1) is 13.2. The molecule has 0 bridgehead atoms. The molecule has 1 aliphatic rings. The Hall–Kier alpha value is -1.89. The van der Waals surface area contributed by atoms with Gasteiger partial charge in [0.15, 0.2) is 0 Å². The quantitative estimate of drug-likeness (QED) is 0.514. The summed E-state index contributed by atoms with van der Waals surface area (Å²) >= 11 is 0. The Balaban J connectivity index is 2.77. The van der Waals surface area contributed by atoms with Crippen molar-refractivity contribution in [1.29, 1.82) is 0 Å². The Kier molecular flexibility index (Phi) is 4.22. The summed E-state index contributed by atoms with van der Waals surface area (Å²) < 4.78 is 13.8. The van der Waals surface area contributed by atoms with Crippen molar-refractivity contribution in [2.45, 2.75) is 20.1 Å². The highest BCUT2D eigenvalue weighted by Crippen LogP contribution is 2.21. The summed E-state index contributed by atoms with van der Waals surface area (Å²) in [5.74, 6) is -1.92. The van der Waals surface area contributed by atoms with Gasteiger partial charge in [-0.2, -0.15) is 0 Å². The van der Waals surface area contributed by atoms with E-state index >= 15 is 0 Å². The molecular weight excluding hydrogens is 232 g/mol. The van der Waals surface area contributed by atoms with Gasteiger partial charge in [0.25, 0.3) is 0 Å². The number of aliphatic hydroxyl groups excluding tert-OH is 1. The minimum absolute atomic E-state index is 0.00560. The highest BCUT2D eigenvalue weighted by molar-refractivity contribution is 5.92. The van der Waals surface area contributed by atoms with E-state index in [0.29, 0.717) is 0 Å². The van der Waals surface area contributed by atoms with E-state index < -0.39 is 24.2 Å². The van der Waals surface area contributed by atoms with E-state index in [-0.39, 0.29) is 24.4 Å². The van der Waals surface area contributed by atoms with E-state index in [1.165, 1.54) is 13.8 Å². The fourth-order valence-corrected chi connectivity index (χ4v) is 1.19. The number of ether oxygens (including phenoxy) is 3. The third-order valence-electron chi connectivity index (χ3n) is 2.00. The van der Waals surface area contributed by atoms with Crippen LogP contribution in [-0.2, 0) is 28.6 Å². The summed E-state index contributed by atoms with van der Waals surface area (Å²) in [6.07, 6.45) is -1.47. The largest absolute Gasteiger partial charge is 0.461 e. The highest BCUT2D eigenvalue weighted by atomic mass is 16.6. The first-order valence-corrected chi connectivity index (χ1v) is 4.79. The lowest BCUT2D eigenvalue weighted by atomic mass is 10.1. The van der Waals surface area contributed by atoms with Gasteiger partial charge in [-0.3, -0.25) is 9.59 Å². The predicted octanol–water partition coefficient (Wildman–Crippen LogP) is -0.716. The summed E-state index contributed by atoms with van der Waals surface area (Å²) in [7, 11) is 0. The van der Waals surface area contributed by atoms with E-state index in [2.05, 4.69) is 14.2 Å². The second kappa shape index (κ2) is 5.44. The molecule has 0 aromatic heterocycles. The number of esters is 3. The number of cyclic esters (lactones) is 1. The molecule has 1 atom stereocenters. The standard InChI is InChI=1S/C10H12O7/c1-5(11)15-3-7-8(4-16-6(2)12)10(14)17-9(7)13/h9,13H,3-4H2,1-2H3. The molecule has 0 fully saturated rings. The molecule has 0 aromatic rings. The molecule has 0 saturated carbocycles. The fourth-order valence-electron chi connectivity index (χ4n) is 1.19. The second-order valence-corrected chi connectivity index (χ2v) is 3.32. The van der Waals surface area contributed by atoms with Crippen LogP contribution in [-0.4, -0.2) is 42.5 Å². The maximum absolute atomic E-state index is 11.3. The summed E-state index contributed by atoms with van der Waals surface area (Å²) in [5, 5.41) is 9.38. The number of aliphatic hydroxyl groups is 1. The minimum Gasteiger partial charge on any atom is -0.461 e. The van der Waals surface area contributed by atoms with Gasteiger partial charge in [0.2, 0.25) is 6.29 Å². The molecule has 1 aliphatic heterocycles. The highest BCUT2D eigenvalue weighted by Gasteiger charge is 2.33. The molecule has 94 valence electrons. The van der Waals surface area contributed by atoms with Crippen molar-refractivity contribution in [2.24, 2.45) is 0 Å². The van der Waals surface area contributed by atoms with Gasteiger partial charge in [-0.1, -0.05) is 0 Å². The van der Waals surface area contributed by atoms with E-state index in [1.807, 2.05) is 0 Å². The van der Waals surface area contributed by atoms with Crippen LogP contribution < -0.4 is 0 Å². The molecular formula is C10H12O7. The topological polar surface area (TPSA) is 99.1 Å². The molecule has 1 rings (SSSR count). The monoisotopic (exact) mass is 244 g/mol. The zero-order valence-corrected chi connectivity index (χ0v) is 9.39. The van der Waals surface area contributed by atoms with E-state index in [0.717, 1.165) is 0 Å². The summed E-state index contributed by atoms with van der Waals surface area (Å²) in [4.78, 5) is 32.5. The average molecular weight is 244 g/mol. The number of hydrogen-bond donors (Lipinski definition) is 1. The molecule has 1 unspecified atom stereocenters. The normalized spacial score (nSPS) is 19.0. The molecule has 0 radical (unpaired) electrons. The summed E-state index contributed by atoms with van der Waals surface area (Å²) in [5.41, 5.74) is 0.0837. The number of hydrogen-bond acceptors (Lipinski definition) is 7. The Morgan fingerprint density at radius 2 is 1.76 bits per heavy atom. The van der Waals surface area contributed by atoms with Crippen LogP contribution in [0.5, 0.6) is 0 Å². The third-order valence-corrected chi connectivity index (χ3v) is 2.00. The molecule has 0 aliphatic carbocycles. The smallest absolute Gasteiger partial charge is 0.340 e. The van der Waals surface area contributed by atoms with Crippen LogP contribution in [0.2, 0.25) is 0 Å². The lowest BCUT2D eigenvalue weighted by Crippen LogP contribution is -2.15. The molecule has 17 heavy (non-hydrogen) atoms. The SMILES string of the molecule is CC(=O)OCC1=C(COC(C)=O)C(O)OC1=O. The van der Waals surface area contributed by atoms with E-state index in [1.54, 1.807) is 0 Å². The van der Waals surface area contributed by atoms with Crippen molar-refractivity contribution in [3.63, 3.8) is 0 Å². The van der Waals surface area contributed by atoms with E-state index in [4.69, 9.17) is 0 Å². The Labute approximate surface area is 96.9 Å². The molecule has 7 nitrogen and oxygen atoms in total. The molecule has 0 spiro atoms. The molecule has 1 heterocycles. The lowest BCUT2D eigenvalue weighted by Gasteiger charge is -2.07. The van der Waals surface area contributed by atoms with E-state index in [9.17, 15) is 19.5 Å². The van der Waals surface area contributed by atoms with Crippen LogP contribution in [0.1, 0.15) is 13.8 Å². The van der Waals surface area contributed by atoms with Crippen molar-refractivity contribution >= 4 is 17.9 Å². The van der Waals surface area contributed by atoms with Gasteiger partial charge >= 0.3 is 17.9 Å². The zero-order valence-electron chi connectivity index (χ0n) is 9.39. The first-order valence-electron chi connectivity index (χ1n) is 4.79. The number of carbonyl (C=O) groups is 3. The number of carbonyl (C=O) groups excluding carboxylic acids is 3. The fraction of sp³-hybridized carbons (Fsp3) is 0.500. The summed E-state index contributed by atoms with van der Waals surface area (Å²) in [6.45, 7) is 1.78. The van der Waals surface area contributed by atoms with Crippen LogP contribution in [0.25, 0.3) is 0 Å². The van der Waals surface area contributed by atoms with Gasteiger partial charge in [0.1, 0.15) is 13.2 Å². The van der Waals surface area contributed by atoms with Crippen molar-refractivity contribution in [3.8, 4) is 0 Å². The molecule has 0 saturated heterocycles. The first-order chi connectivity index (χ1) is 7.91. The maximum Gasteiger partial charge on any atom is 0.340 e. The summed E-state index contributed by atoms with van der Waals surface area (Å²) in [6, 6.07) is 0. The second-order valence-electron chi connectivity index (χ2n) is 3.32. The van der Waals surface area contributed by atoms with Crippen LogP contribution in [0.3, 0.4) is 0 Å². The predicted molar refractivity (Wildman–Crippen MR) is 52.4 cm³/mol. The van der Waals surface area contributed by atoms with Gasteiger partial charge < -0.3 is 19.3 Å². The molecule has 0 aromatic carbocycles. The number of rotatable bonds is 4. The van der Waals surface area contributed by atoms with Crippen molar-refractivity contribution in [1.82, 2.24) is 0 Å². The van der Waals surface area contributed by atoms with Crippen LogP contribution in [0.15, 0.2) is 11.1 Å². The van der Waals surface area contributed by atoms with Gasteiger partial charge in [0, 0.05) is 19.4 Å². The average Bonchev–Trinajstić information content (AvgIpc) is 2.47. The van der Waals surface area contributed by atoms with Crippen molar-refractivity contribution < 1.29 is 33.7 Å². The Bertz CT molecular complexity index is 382. The van der Waals surface area contributed by atoms with Gasteiger partial charge in [-0.25, -0.2) is 4.79 Å². The van der Waals surface area contributed by atoms with Gasteiger partial charge in [0.05, 0.1) is 5.57 Å². The van der Waals surface area contributed by atoms with Crippen LogP contribution >= 0.6 is 0 Å². The zero-order chi connectivity index (χ0) is 13.0. The van der Waals surface area contributed by atoms with Gasteiger partial charge in [-0.05, 0) is 0 Å². The minimum atomic E-state index is -1.47. The Morgan fingerprint density at radius 1 is 1.24 bits per heavy atom. The van der Waals surface area contributed by atoms with Crippen molar-refractivity contribution in [2.75, 3.05) is 13.2 Å². The lowest BCUT2D eigenvalue weighted by molar-refractivity contribution is -0.153. The van der Waals surface area contributed by atoms with Crippen LogP contribution in [0, 0.1) is 0 Å². The molecule has 1 N–H and O–H groups in total. The van der Waals surface area contributed by atoms with Crippen molar-refractivity contribution in [3.05, 3.63) is 11.1 Å². The Morgan fingerprint density at radius 3 is 2.29 bits per heavy atom.